The van der Waals surface area contributed by atoms with E-state index in [1.165, 1.54) is 5.39 Å². The van der Waals surface area contributed by atoms with Crippen molar-refractivity contribution in [2.75, 3.05) is 0 Å². The molecule has 28 heavy (non-hydrogen) atoms. The van der Waals surface area contributed by atoms with Gasteiger partial charge in [0.05, 0.1) is 16.9 Å². The predicted octanol–water partition coefficient (Wildman–Crippen LogP) is 5.70. The number of carboxylic acid groups (broad SMARTS) is 1. The fourth-order valence-electron chi connectivity index (χ4n) is 3.54. The molecule has 1 N–H and O–H groups in total. The molecule has 0 unspecified atom stereocenters. The molecule has 0 aliphatic heterocycles. The summed E-state index contributed by atoms with van der Waals surface area (Å²) in [7, 11) is 0. The van der Waals surface area contributed by atoms with Crippen molar-refractivity contribution in [3.8, 4) is 5.69 Å². The minimum atomic E-state index is -0.936. The Morgan fingerprint density at radius 2 is 1.64 bits per heavy atom. The first-order valence-corrected chi connectivity index (χ1v) is 9.09. The minimum absolute atomic E-state index is 0.280. The van der Waals surface area contributed by atoms with Crippen LogP contribution < -0.4 is 0 Å². The molecule has 1 heterocycles. The molecule has 0 saturated heterocycles. The Morgan fingerprint density at radius 3 is 2.43 bits per heavy atom. The number of nitrogens with zero attached hydrogens (tertiary/aromatic N) is 2. The Morgan fingerprint density at radius 1 is 0.929 bits per heavy atom. The number of hydrogen-bond acceptors (Lipinski definition) is 2. The average Bonchev–Trinajstić information content (AvgIpc) is 2.99. The van der Waals surface area contributed by atoms with Gasteiger partial charge in [-0.2, -0.15) is 0 Å². The van der Waals surface area contributed by atoms with E-state index in [1.807, 2.05) is 61.0 Å². The Kier molecular flexibility index (Phi) is 4.53. The van der Waals surface area contributed by atoms with Crippen LogP contribution in [0, 0.1) is 13.8 Å². The Hall–Kier alpha value is -3.66. The van der Waals surface area contributed by atoms with Gasteiger partial charge in [0.25, 0.3) is 0 Å². The highest BCUT2D eigenvalue weighted by molar-refractivity contribution is 5.93. The van der Waals surface area contributed by atoms with Crippen LogP contribution in [0.25, 0.3) is 16.5 Å². The Balaban J connectivity index is 1.73. The Labute approximate surface area is 163 Å². The fourth-order valence-corrected chi connectivity index (χ4v) is 3.54. The lowest BCUT2D eigenvalue weighted by molar-refractivity contribution is 0.0697. The van der Waals surface area contributed by atoms with E-state index in [-0.39, 0.29) is 5.56 Å². The van der Waals surface area contributed by atoms with Gasteiger partial charge in [0, 0.05) is 23.2 Å². The van der Waals surface area contributed by atoms with E-state index in [1.54, 1.807) is 12.1 Å². The smallest absolute Gasteiger partial charge is 0.337 e. The fraction of sp³-hybridized carbons (Fsp3) is 0.0833. The van der Waals surface area contributed by atoms with E-state index < -0.39 is 5.97 Å². The molecule has 138 valence electrons. The zero-order valence-corrected chi connectivity index (χ0v) is 15.8. The lowest BCUT2D eigenvalue weighted by atomic mass is 10.1. The van der Waals surface area contributed by atoms with Crippen LogP contribution in [-0.4, -0.2) is 21.9 Å². The van der Waals surface area contributed by atoms with E-state index in [9.17, 15) is 9.90 Å². The predicted molar refractivity (Wildman–Crippen MR) is 113 cm³/mol. The molecular formula is C24H20N2O2. The SMILES string of the molecule is Cc1cc(C=Nc2ccc3ccccc3c2)c(C)n1-c1ccccc1C(=O)O. The topological polar surface area (TPSA) is 54.6 Å². The van der Waals surface area contributed by atoms with E-state index in [0.717, 1.165) is 28.0 Å². The molecular weight excluding hydrogens is 348 g/mol. The molecule has 0 radical (unpaired) electrons. The maximum atomic E-state index is 11.6. The van der Waals surface area contributed by atoms with Crippen LogP contribution in [0.2, 0.25) is 0 Å². The number of hydrogen-bond donors (Lipinski definition) is 1. The molecule has 4 nitrogen and oxygen atoms in total. The van der Waals surface area contributed by atoms with Gasteiger partial charge in [0.1, 0.15) is 0 Å². The highest BCUT2D eigenvalue weighted by Gasteiger charge is 2.15. The zero-order chi connectivity index (χ0) is 19.7. The summed E-state index contributed by atoms with van der Waals surface area (Å²) in [5.74, 6) is -0.936. The van der Waals surface area contributed by atoms with Gasteiger partial charge in [-0.05, 0) is 55.0 Å². The van der Waals surface area contributed by atoms with Crippen molar-refractivity contribution in [3.05, 3.63) is 95.3 Å². The summed E-state index contributed by atoms with van der Waals surface area (Å²) in [6.07, 6.45) is 1.84. The lowest BCUT2D eigenvalue weighted by Gasteiger charge is -2.12. The largest absolute Gasteiger partial charge is 0.478 e. The third-order valence-corrected chi connectivity index (χ3v) is 4.93. The van der Waals surface area contributed by atoms with Crippen molar-refractivity contribution >= 4 is 28.6 Å². The number of carbonyl (C=O) groups is 1. The first kappa shape index (κ1) is 17.7. The number of aliphatic imine (C=N–C) groups is 1. The van der Waals surface area contributed by atoms with Crippen LogP contribution in [0.4, 0.5) is 5.69 Å². The van der Waals surface area contributed by atoms with Crippen LogP contribution in [0.15, 0.2) is 77.8 Å². The number of para-hydroxylation sites is 1. The maximum Gasteiger partial charge on any atom is 0.337 e. The third-order valence-electron chi connectivity index (χ3n) is 4.93. The average molecular weight is 368 g/mol. The number of aromatic carboxylic acids is 1. The molecule has 4 rings (SSSR count). The van der Waals surface area contributed by atoms with E-state index in [0.29, 0.717) is 5.69 Å². The third kappa shape index (κ3) is 3.21. The molecule has 3 aromatic carbocycles. The van der Waals surface area contributed by atoms with Crippen molar-refractivity contribution in [1.82, 2.24) is 4.57 Å². The van der Waals surface area contributed by atoms with Crippen LogP contribution in [0.3, 0.4) is 0 Å². The number of benzene rings is 3. The van der Waals surface area contributed by atoms with Gasteiger partial charge < -0.3 is 9.67 Å². The zero-order valence-electron chi connectivity index (χ0n) is 15.8. The summed E-state index contributed by atoms with van der Waals surface area (Å²) < 4.78 is 1.96. The van der Waals surface area contributed by atoms with Gasteiger partial charge >= 0.3 is 5.97 Å². The molecule has 0 spiro atoms. The normalized spacial score (nSPS) is 11.4. The van der Waals surface area contributed by atoms with Crippen LogP contribution >= 0.6 is 0 Å². The highest BCUT2D eigenvalue weighted by atomic mass is 16.4. The molecule has 0 saturated carbocycles. The quantitative estimate of drug-likeness (QED) is 0.470. The summed E-state index contributed by atoms with van der Waals surface area (Å²) in [6.45, 7) is 3.95. The lowest BCUT2D eigenvalue weighted by Crippen LogP contribution is -2.07. The van der Waals surface area contributed by atoms with Gasteiger partial charge in [-0.15, -0.1) is 0 Å². The van der Waals surface area contributed by atoms with Gasteiger partial charge in [-0.1, -0.05) is 42.5 Å². The van der Waals surface area contributed by atoms with Crippen LogP contribution in [0.1, 0.15) is 27.3 Å². The maximum absolute atomic E-state index is 11.6. The van der Waals surface area contributed by atoms with E-state index >= 15 is 0 Å². The molecule has 0 fully saturated rings. The molecule has 0 atom stereocenters. The molecule has 1 aromatic heterocycles. The summed E-state index contributed by atoms with van der Waals surface area (Å²) in [5, 5.41) is 11.9. The molecule has 0 bridgehead atoms. The molecule has 0 aliphatic rings. The number of rotatable bonds is 4. The van der Waals surface area contributed by atoms with E-state index in [4.69, 9.17) is 0 Å². The van der Waals surface area contributed by atoms with Gasteiger partial charge in [-0.25, -0.2) is 4.79 Å². The summed E-state index contributed by atoms with van der Waals surface area (Å²) in [5.41, 5.74) is 4.71. The first-order chi connectivity index (χ1) is 13.5. The molecule has 0 aliphatic carbocycles. The second-order valence-electron chi connectivity index (χ2n) is 6.77. The van der Waals surface area contributed by atoms with Gasteiger partial charge in [0.15, 0.2) is 0 Å². The monoisotopic (exact) mass is 368 g/mol. The second kappa shape index (κ2) is 7.16. The number of aryl methyl sites for hydroxylation is 1. The minimum Gasteiger partial charge on any atom is -0.478 e. The Bertz CT molecular complexity index is 1220. The van der Waals surface area contributed by atoms with Gasteiger partial charge in [0.2, 0.25) is 0 Å². The number of carboxylic acids is 1. The summed E-state index contributed by atoms with van der Waals surface area (Å²) >= 11 is 0. The molecule has 4 aromatic rings. The van der Waals surface area contributed by atoms with Crippen molar-refractivity contribution < 1.29 is 9.90 Å². The summed E-state index contributed by atoms with van der Waals surface area (Å²) in [6, 6.07) is 23.4. The van der Waals surface area contributed by atoms with Crippen molar-refractivity contribution in [2.45, 2.75) is 13.8 Å². The number of aromatic nitrogens is 1. The molecule has 0 amide bonds. The first-order valence-electron chi connectivity index (χ1n) is 9.09. The summed E-state index contributed by atoms with van der Waals surface area (Å²) in [4.78, 5) is 16.2. The van der Waals surface area contributed by atoms with Crippen LogP contribution in [0.5, 0.6) is 0 Å². The van der Waals surface area contributed by atoms with Gasteiger partial charge in [-0.3, -0.25) is 4.99 Å². The number of fused-ring (bicyclic) bond motifs is 1. The second-order valence-corrected chi connectivity index (χ2v) is 6.77. The van der Waals surface area contributed by atoms with Crippen LogP contribution in [-0.2, 0) is 0 Å². The van der Waals surface area contributed by atoms with Crippen molar-refractivity contribution in [3.63, 3.8) is 0 Å². The van der Waals surface area contributed by atoms with E-state index in [2.05, 4.69) is 29.3 Å². The van der Waals surface area contributed by atoms with Crippen molar-refractivity contribution in [1.29, 1.82) is 0 Å². The molecule has 4 heteroatoms. The van der Waals surface area contributed by atoms with Crippen molar-refractivity contribution in [2.24, 2.45) is 4.99 Å². The standard InChI is InChI=1S/C24H20N2O2/c1-16-13-20(15-25-21-12-11-18-7-3-4-8-19(18)14-21)17(2)26(16)23-10-6-5-9-22(23)24(27)28/h3-15H,1-2H3,(H,27,28). The highest BCUT2D eigenvalue weighted by Crippen LogP contribution is 2.24.